The number of aliphatic hydroxyl groups excluding tert-OH is 1. The first kappa shape index (κ1) is 13.8. The quantitative estimate of drug-likeness (QED) is 0.932. The number of methoxy groups -OCH3 is 1. The SMILES string of the molecule is COc1ccc(C(O)Cc2ccc(C)cc2Cl)cn1. The van der Waals surface area contributed by atoms with Crippen LogP contribution in [-0.2, 0) is 6.42 Å². The lowest BCUT2D eigenvalue weighted by Crippen LogP contribution is -2.03. The van der Waals surface area contributed by atoms with Crippen molar-refractivity contribution in [3.8, 4) is 5.88 Å². The van der Waals surface area contributed by atoms with Gasteiger partial charge in [0.1, 0.15) is 0 Å². The van der Waals surface area contributed by atoms with E-state index >= 15 is 0 Å². The van der Waals surface area contributed by atoms with E-state index in [9.17, 15) is 5.11 Å². The smallest absolute Gasteiger partial charge is 0.212 e. The highest BCUT2D eigenvalue weighted by molar-refractivity contribution is 6.31. The molecule has 0 fully saturated rings. The first-order chi connectivity index (χ1) is 9.10. The minimum Gasteiger partial charge on any atom is -0.481 e. The molecule has 1 N–H and O–H groups in total. The Kier molecular flexibility index (Phi) is 4.40. The van der Waals surface area contributed by atoms with Gasteiger partial charge in [-0.2, -0.15) is 0 Å². The van der Waals surface area contributed by atoms with Crippen molar-refractivity contribution in [2.24, 2.45) is 0 Å². The number of aromatic nitrogens is 1. The molecule has 0 aliphatic rings. The number of benzene rings is 1. The van der Waals surface area contributed by atoms with Crippen LogP contribution in [0, 0.1) is 6.92 Å². The molecule has 1 atom stereocenters. The van der Waals surface area contributed by atoms with E-state index in [1.807, 2.05) is 25.1 Å². The summed E-state index contributed by atoms with van der Waals surface area (Å²) >= 11 is 6.16. The number of rotatable bonds is 4. The molecule has 0 bridgehead atoms. The maximum atomic E-state index is 10.2. The molecule has 0 radical (unpaired) electrons. The fourth-order valence-corrected chi connectivity index (χ4v) is 2.17. The molecule has 0 saturated heterocycles. The lowest BCUT2D eigenvalue weighted by Gasteiger charge is -2.12. The summed E-state index contributed by atoms with van der Waals surface area (Å²) in [7, 11) is 1.56. The lowest BCUT2D eigenvalue weighted by molar-refractivity contribution is 0.178. The van der Waals surface area contributed by atoms with Crippen LogP contribution in [0.15, 0.2) is 36.5 Å². The largest absolute Gasteiger partial charge is 0.481 e. The van der Waals surface area contributed by atoms with Crippen LogP contribution in [0.1, 0.15) is 22.8 Å². The van der Waals surface area contributed by atoms with Crippen molar-refractivity contribution < 1.29 is 9.84 Å². The third-order valence-electron chi connectivity index (χ3n) is 2.97. The molecule has 2 rings (SSSR count). The minimum absolute atomic E-state index is 0.465. The van der Waals surface area contributed by atoms with E-state index in [0.29, 0.717) is 17.3 Å². The predicted octanol–water partition coefficient (Wildman–Crippen LogP) is 3.33. The van der Waals surface area contributed by atoms with E-state index < -0.39 is 6.10 Å². The molecule has 4 heteroatoms. The van der Waals surface area contributed by atoms with Gasteiger partial charge in [0.25, 0.3) is 0 Å². The van der Waals surface area contributed by atoms with Gasteiger partial charge < -0.3 is 9.84 Å². The number of aliphatic hydroxyl groups is 1. The van der Waals surface area contributed by atoms with Crippen molar-refractivity contribution in [1.82, 2.24) is 4.98 Å². The van der Waals surface area contributed by atoms with E-state index in [1.54, 1.807) is 25.4 Å². The number of hydrogen-bond acceptors (Lipinski definition) is 3. The minimum atomic E-state index is -0.626. The molecule has 0 amide bonds. The molecule has 3 nitrogen and oxygen atoms in total. The van der Waals surface area contributed by atoms with Gasteiger partial charge in [-0.05, 0) is 35.7 Å². The summed E-state index contributed by atoms with van der Waals surface area (Å²) in [6, 6.07) is 9.36. The van der Waals surface area contributed by atoms with Crippen molar-refractivity contribution in [3.63, 3.8) is 0 Å². The maximum Gasteiger partial charge on any atom is 0.212 e. The number of hydrogen-bond donors (Lipinski definition) is 1. The molecule has 0 aliphatic carbocycles. The number of nitrogens with zero attached hydrogens (tertiary/aromatic N) is 1. The maximum absolute atomic E-state index is 10.2. The molecule has 1 heterocycles. The molecular weight excluding hydrogens is 262 g/mol. The second kappa shape index (κ2) is 6.04. The molecule has 100 valence electrons. The molecule has 0 saturated carbocycles. The van der Waals surface area contributed by atoms with Crippen molar-refractivity contribution in [2.45, 2.75) is 19.4 Å². The standard InChI is InChI=1S/C15H16ClNO2/c1-10-3-4-11(13(16)7-10)8-14(18)12-5-6-15(19-2)17-9-12/h3-7,9,14,18H,8H2,1-2H3. The number of halogens is 1. The van der Waals surface area contributed by atoms with Gasteiger partial charge in [0.2, 0.25) is 5.88 Å². The van der Waals surface area contributed by atoms with Crippen molar-refractivity contribution in [1.29, 1.82) is 0 Å². The van der Waals surface area contributed by atoms with E-state index in [4.69, 9.17) is 16.3 Å². The molecule has 1 aromatic heterocycles. The summed E-state index contributed by atoms with van der Waals surface area (Å²) < 4.78 is 4.99. The Morgan fingerprint density at radius 1 is 1.32 bits per heavy atom. The highest BCUT2D eigenvalue weighted by Crippen LogP contribution is 2.24. The highest BCUT2D eigenvalue weighted by Gasteiger charge is 2.11. The highest BCUT2D eigenvalue weighted by atomic mass is 35.5. The zero-order valence-corrected chi connectivity index (χ0v) is 11.7. The first-order valence-electron chi connectivity index (χ1n) is 6.03. The van der Waals surface area contributed by atoms with Crippen LogP contribution in [0.3, 0.4) is 0 Å². The average Bonchev–Trinajstić information content (AvgIpc) is 2.42. The number of pyridine rings is 1. The monoisotopic (exact) mass is 277 g/mol. The Balaban J connectivity index is 2.13. The molecule has 2 aromatic rings. The molecule has 1 aromatic carbocycles. The van der Waals surface area contributed by atoms with Gasteiger partial charge in [-0.1, -0.05) is 23.7 Å². The summed E-state index contributed by atoms with van der Waals surface area (Å²) in [4.78, 5) is 4.08. The Bertz CT molecular complexity index is 555. The van der Waals surface area contributed by atoms with Crippen molar-refractivity contribution in [2.75, 3.05) is 7.11 Å². The number of aryl methyl sites for hydroxylation is 1. The predicted molar refractivity (Wildman–Crippen MR) is 75.6 cm³/mol. The third kappa shape index (κ3) is 3.46. The first-order valence-corrected chi connectivity index (χ1v) is 6.41. The van der Waals surface area contributed by atoms with Gasteiger partial charge in [0.05, 0.1) is 13.2 Å². The molecule has 0 spiro atoms. The van der Waals surface area contributed by atoms with Crippen LogP contribution in [0.5, 0.6) is 5.88 Å². The molecule has 1 unspecified atom stereocenters. The molecular formula is C15H16ClNO2. The second-order valence-corrected chi connectivity index (χ2v) is 4.86. The Labute approximate surface area is 117 Å². The number of ether oxygens (including phenoxy) is 1. The summed E-state index contributed by atoms with van der Waals surface area (Å²) in [5.74, 6) is 0.532. The second-order valence-electron chi connectivity index (χ2n) is 4.45. The van der Waals surface area contributed by atoms with E-state index in [-0.39, 0.29) is 0 Å². The Hall–Kier alpha value is -1.58. The zero-order chi connectivity index (χ0) is 13.8. The van der Waals surface area contributed by atoms with Crippen LogP contribution < -0.4 is 4.74 Å². The van der Waals surface area contributed by atoms with Gasteiger partial charge in [-0.25, -0.2) is 4.98 Å². The van der Waals surface area contributed by atoms with Crippen LogP contribution in [-0.4, -0.2) is 17.2 Å². The summed E-state index contributed by atoms with van der Waals surface area (Å²) in [5, 5.41) is 10.9. The summed E-state index contributed by atoms with van der Waals surface area (Å²) in [6.45, 7) is 1.99. The molecule has 0 aliphatic heterocycles. The average molecular weight is 278 g/mol. The van der Waals surface area contributed by atoms with Crippen molar-refractivity contribution in [3.05, 3.63) is 58.2 Å². The van der Waals surface area contributed by atoms with Crippen LogP contribution >= 0.6 is 11.6 Å². The van der Waals surface area contributed by atoms with E-state index in [1.165, 1.54) is 0 Å². The zero-order valence-electron chi connectivity index (χ0n) is 10.9. The summed E-state index contributed by atoms with van der Waals surface area (Å²) in [6.07, 6.45) is 1.46. The van der Waals surface area contributed by atoms with Gasteiger partial charge in [0, 0.05) is 23.7 Å². The van der Waals surface area contributed by atoms with Gasteiger partial charge in [-0.15, -0.1) is 0 Å². The third-order valence-corrected chi connectivity index (χ3v) is 3.33. The van der Waals surface area contributed by atoms with Gasteiger partial charge in [-0.3, -0.25) is 0 Å². The van der Waals surface area contributed by atoms with Gasteiger partial charge >= 0.3 is 0 Å². The van der Waals surface area contributed by atoms with Crippen LogP contribution in [0.2, 0.25) is 5.02 Å². The topological polar surface area (TPSA) is 42.4 Å². The van der Waals surface area contributed by atoms with Crippen LogP contribution in [0.25, 0.3) is 0 Å². The summed E-state index contributed by atoms with van der Waals surface area (Å²) in [5.41, 5.74) is 2.78. The lowest BCUT2D eigenvalue weighted by atomic mass is 10.0. The fourth-order valence-electron chi connectivity index (χ4n) is 1.85. The van der Waals surface area contributed by atoms with E-state index in [0.717, 1.165) is 16.7 Å². The van der Waals surface area contributed by atoms with Crippen molar-refractivity contribution >= 4 is 11.6 Å². The fraction of sp³-hybridized carbons (Fsp3) is 0.267. The van der Waals surface area contributed by atoms with E-state index in [2.05, 4.69) is 4.98 Å². The Morgan fingerprint density at radius 3 is 2.68 bits per heavy atom. The normalized spacial score (nSPS) is 12.2. The Morgan fingerprint density at radius 2 is 2.11 bits per heavy atom. The van der Waals surface area contributed by atoms with Gasteiger partial charge in [0.15, 0.2) is 0 Å². The van der Waals surface area contributed by atoms with Crippen LogP contribution in [0.4, 0.5) is 0 Å². The molecule has 19 heavy (non-hydrogen) atoms.